The molecule has 2 aromatic carbocycles. The van der Waals surface area contributed by atoms with Crippen molar-refractivity contribution in [3.8, 4) is 11.4 Å². The summed E-state index contributed by atoms with van der Waals surface area (Å²) in [6, 6.07) is 19.3. The van der Waals surface area contributed by atoms with Crippen molar-refractivity contribution in [1.82, 2.24) is 9.97 Å². The maximum Gasteiger partial charge on any atom is 0.265 e. The molecule has 4 rings (SSSR count). The van der Waals surface area contributed by atoms with E-state index in [2.05, 4.69) is 15.3 Å². The number of thiophene rings is 1. The van der Waals surface area contributed by atoms with Crippen LogP contribution >= 0.6 is 23.7 Å². The molecule has 0 aliphatic rings. The van der Waals surface area contributed by atoms with Crippen LogP contribution in [0.1, 0.15) is 9.67 Å². The third-order valence-electron chi connectivity index (χ3n) is 3.55. The molecular formula is C18H14ClN3OS. The number of aromatic nitrogens is 2. The van der Waals surface area contributed by atoms with Gasteiger partial charge in [0.25, 0.3) is 5.91 Å². The maximum atomic E-state index is 12.0. The maximum absolute atomic E-state index is 12.0. The standard InChI is InChI=1S/C18H13N3OS.ClH/c22-18(16-6-3-11-23-16)19-13-9-7-12(8-10-13)17-20-14-4-1-2-5-15(14)21-17;/h1-11H,(H,19,22)(H,20,21);1H. The summed E-state index contributed by atoms with van der Waals surface area (Å²) in [5.74, 6) is 0.735. The van der Waals surface area contributed by atoms with Crippen molar-refractivity contribution in [1.29, 1.82) is 0 Å². The zero-order valence-corrected chi connectivity index (χ0v) is 14.2. The van der Waals surface area contributed by atoms with E-state index < -0.39 is 0 Å². The molecule has 0 aliphatic heterocycles. The summed E-state index contributed by atoms with van der Waals surface area (Å²) in [5, 5.41) is 4.78. The van der Waals surface area contributed by atoms with Gasteiger partial charge < -0.3 is 10.3 Å². The lowest BCUT2D eigenvalue weighted by molar-refractivity contribution is 0.103. The summed E-state index contributed by atoms with van der Waals surface area (Å²) in [4.78, 5) is 20.6. The van der Waals surface area contributed by atoms with Crippen LogP contribution < -0.4 is 5.32 Å². The van der Waals surface area contributed by atoms with Crippen molar-refractivity contribution >= 4 is 46.4 Å². The van der Waals surface area contributed by atoms with Gasteiger partial charge in [-0.3, -0.25) is 4.79 Å². The Balaban J connectivity index is 0.00000169. The molecular weight excluding hydrogens is 342 g/mol. The average Bonchev–Trinajstić information content (AvgIpc) is 3.25. The number of para-hydroxylation sites is 2. The predicted octanol–water partition coefficient (Wildman–Crippen LogP) is 4.97. The molecule has 0 saturated carbocycles. The number of carbonyl (C=O) groups is 1. The molecule has 0 atom stereocenters. The molecule has 2 heterocycles. The van der Waals surface area contributed by atoms with Gasteiger partial charge in [0.05, 0.1) is 15.9 Å². The van der Waals surface area contributed by atoms with Gasteiger partial charge in [0.15, 0.2) is 0 Å². The highest BCUT2D eigenvalue weighted by molar-refractivity contribution is 7.12. The minimum absolute atomic E-state index is 0. The molecule has 120 valence electrons. The number of hydrogen-bond donors (Lipinski definition) is 2. The fourth-order valence-electron chi connectivity index (χ4n) is 2.40. The van der Waals surface area contributed by atoms with Gasteiger partial charge in [0.2, 0.25) is 0 Å². The lowest BCUT2D eigenvalue weighted by Gasteiger charge is -2.04. The Bertz CT molecular complexity index is 929. The zero-order valence-electron chi connectivity index (χ0n) is 12.5. The summed E-state index contributed by atoms with van der Waals surface area (Å²) >= 11 is 1.43. The van der Waals surface area contributed by atoms with Crippen LogP contribution in [0.25, 0.3) is 22.4 Å². The number of nitrogens with one attached hydrogen (secondary N) is 2. The van der Waals surface area contributed by atoms with Gasteiger partial charge in [-0.1, -0.05) is 18.2 Å². The van der Waals surface area contributed by atoms with Gasteiger partial charge >= 0.3 is 0 Å². The van der Waals surface area contributed by atoms with Gasteiger partial charge in [-0.25, -0.2) is 4.98 Å². The lowest BCUT2D eigenvalue weighted by Crippen LogP contribution is -2.09. The number of fused-ring (bicyclic) bond motifs is 1. The van der Waals surface area contributed by atoms with Gasteiger partial charge in [0, 0.05) is 11.3 Å². The monoisotopic (exact) mass is 355 g/mol. The number of imidazole rings is 1. The van der Waals surface area contributed by atoms with Crippen molar-refractivity contribution in [2.45, 2.75) is 0 Å². The Hall–Kier alpha value is -2.63. The van der Waals surface area contributed by atoms with E-state index in [9.17, 15) is 4.79 Å². The summed E-state index contributed by atoms with van der Waals surface area (Å²) in [5.41, 5.74) is 3.70. The second kappa shape index (κ2) is 6.86. The smallest absolute Gasteiger partial charge is 0.265 e. The Morgan fingerprint density at radius 1 is 1.00 bits per heavy atom. The molecule has 0 unspecified atom stereocenters. The van der Waals surface area contributed by atoms with Crippen molar-refractivity contribution < 1.29 is 4.79 Å². The number of carbonyl (C=O) groups excluding carboxylic acids is 1. The first-order valence-corrected chi connectivity index (χ1v) is 8.07. The molecule has 0 fully saturated rings. The molecule has 4 nitrogen and oxygen atoms in total. The topological polar surface area (TPSA) is 57.8 Å². The molecule has 0 aliphatic carbocycles. The number of benzene rings is 2. The first-order valence-electron chi connectivity index (χ1n) is 7.20. The second-order valence-electron chi connectivity index (χ2n) is 5.11. The molecule has 0 bridgehead atoms. The minimum atomic E-state index is -0.0866. The Morgan fingerprint density at radius 3 is 2.50 bits per heavy atom. The van der Waals surface area contributed by atoms with Gasteiger partial charge in [-0.2, -0.15) is 0 Å². The molecule has 2 aromatic heterocycles. The molecule has 0 spiro atoms. The normalized spacial score (nSPS) is 10.3. The third kappa shape index (κ3) is 3.18. The fourth-order valence-corrected chi connectivity index (χ4v) is 3.02. The summed E-state index contributed by atoms with van der Waals surface area (Å²) in [6.45, 7) is 0. The lowest BCUT2D eigenvalue weighted by atomic mass is 10.2. The first-order chi connectivity index (χ1) is 11.3. The van der Waals surface area contributed by atoms with Crippen LogP contribution in [0.2, 0.25) is 0 Å². The van der Waals surface area contributed by atoms with E-state index in [0.29, 0.717) is 4.88 Å². The number of H-pyrrole nitrogens is 1. The molecule has 6 heteroatoms. The Morgan fingerprint density at radius 2 is 1.79 bits per heavy atom. The van der Waals surface area contributed by atoms with Crippen LogP contribution in [-0.2, 0) is 0 Å². The predicted molar refractivity (Wildman–Crippen MR) is 101 cm³/mol. The van der Waals surface area contributed by atoms with Crippen LogP contribution in [0.5, 0.6) is 0 Å². The fraction of sp³-hybridized carbons (Fsp3) is 0. The van der Waals surface area contributed by atoms with Gasteiger partial charge in [-0.15, -0.1) is 23.7 Å². The molecule has 1 amide bonds. The van der Waals surface area contributed by atoms with Gasteiger partial charge in [0.1, 0.15) is 5.82 Å². The summed E-state index contributed by atoms with van der Waals surface area (Å²) in [7, 11) is 0. The second-order valence-corrected chi connectivity index (χ2v) is 6.06. The van der Waals surface area contributed by atoms with Gasteiger partial charge in [-0.05, 0) is 47.8 Å². The van der Waals surface area contributed by atoms with E-state index in [-0.39, 0.29) is 18.3 Å². The molecule has 4 aromatic rings. The summed E-state index contributed by atoms with van der Waals surface area (Å²) in [6.07, 6.45) is 0. The molecule has 0 saturated heterocycles. The highest BCUT2D eigenvalue weighted by atomic mass is 35.5. The van der Waals surface area contributed by atoms with Crippen LogP contribution in [0, 0.1) is 0 Å². The highest BCUT2D eigenvalue weighted by Crippen LogP contribution is 2.22. The number of aromatic amines is 1. The quantitative estimate of drug-likeness (QED) is 0.545. The van der Waals surface area contributed by atoms with Crippen LogP contribution in [0.15, 0.2) is 66.0 Å². The van der Waals surface area contributed by atoms with E-state index in [1.165, 1.54) is 11.3 Å². The zero-order chi connectivity index (χ0) is 15.6. The highest BCUT2D eigenvalue weighted by Gasteiger charge is 2.08. The first kappa shape index (κ1) is 16.2. The Kier molecular flexibility index (Phi) is 4.64. The number of amides is 1. The largest absolute Gasteiger partial charge is 0.338 e. The number of hydrogen-bond acceptors (Lipinski definition) is 3. The van der Waals surface area contributed by atoms with E-state index in [1.54, 1.807) is 0 Å². The van der Waals surface area contributed by atoms with Crippen LogP contribution in [0.4, 0.5) is 5.69 Å². The molecule has 2 N–H and O–H groups in total. The summed E-state index contributed by atoms with van der Waals surface area (Å²) < 4.78 is 0. The van der Waals surface area contributed by atoms with Crippen LogP contribution in [0.3, 0.4) is 0 Å². The van der Waals surface area contributed by atoms with E-state index in [1.807, 2.05) is 66.0 Å². The van der Waals surface area contributed by atoms with E-state index >= 15 is 0 Å². The van der Waals surface area contributed by atoms with Crippen molar-refractivity contribution in [2.24, 2.45) is 0 Å². The third-order valence-corrected chi connectivity index (χ3v) is 4.42. The van der Waals surface area contributed by atoms with Crippen LogP contribution in [-0.4, -0.2) is 15.9 Å². The number of nitrogens with zero attached hydrogens (tertiary/aromatic N) is 1. The molecule has 24 heavy (non-hydrogen) atoms. The molecule has 0 radical (unpaired) electrons. The number of anilines is 1. The number of halogens is 1. The van der Waals surface area contributed by atoms with E-state index in [0.717, 1.165) is 28.1 Å². The average molecular weight is 356 g/mol. The van der Waals surface area contributed by atoms with Crippen molar-refractivity contribution in [2.75, 3.05) is 5.32 Å². The van der Waals surface area contributed by atoms with Crippen molar-refractivity contribution in [3.63, 3.8) is 0 Å². The van der Waals surface area contributed by atoms with Crippen molar-refractivity contribution in [3.05, 3.63) is 70.9 Å². The van der Waals surface area contributed by atoms with E-state index in [4.69, 9.17) is 0 Å². The SMILES string of the molecule is Cl.O=C(Nc1ccc(-c2nc3ccccc3[nH]2)cc1)c1cccs1. The minimum Gasteiger partial charge on any atom is -0.338 e. The number of rotatable bonds is 3. The Labute approximate surface area is 149 Å².